The number of primary amides is 1. The summed E-state index contributed by atoms with van der Waals surface area (Å²) in [7, 11) is 1.66. The Balaban J connectivity index is 2.16. The van der Waals surface area contributed by atoms with Crippen molar-refractivity contribution in [3.05, 3.63) is 17.2 Å². The first kappa shape index (κ1) is 15.0. The fourth-order valence-electron chi connectivity index (χ4n) is 3.79. The molecule has 0 saturated carbocycles. The van der Waals surface area contributed by atoms with Crippen LogP contribution in [0.2, 0.25) is 0 Å². The molecule has 0 spiro atoms. The summed E-state index contributed by atoms with van der Waals surface area (Å²) in [5.74, 6) is 0.382. The zero-order chi connectivity index (χ0) is 15.7. The number of rotatable bonds is 4. The highest BCUT2D eigenvalue weighted by Gasteiger charge is 2.28. The summed E-state index contributed by atoms with van der Waals surface area (Å²) in [5.41, 5.74) is 9.49. The van der Waals surface area contributed by atoms with Crippen molar-refractivity contribution in [2.75, 3.05) is 43.1 Å². The van der Waals surface area contributed by atoms with Crippen LogP contribution in [0.25, 0.3) is 0 Å². The van der Waals surface area contributed by atoms with Gasteiger partial charge in [0.2, 0.25) is 0 Å². The van der Waals surface area contributed by atoms with Gasteiger partial charge in [0.25, 0.3) is 5.91 Å². The van der Waals surface area contributed by atoms with E-state index in [-0.39, 0.29) is 5.91 Å². The SMILES string of the molecule is COc1cc(C(N)=O)c(N2CCCC2)c(C)c1N1CCCC1. The smallest absolute Gasteiger partial charge is 0.250 e. The van der Waals surface area contributed by atoms with Crippen LogP contribution in [-0.4, -0.2) is 39.2 Å². The van der Waals surface area contributed by atoms with E-state index in [4.69, 9.17) is 10.5 Å². The van der Waals surface area contributed by atoms with E-state index in [1.54, 1.807) is 7.11 Å². The monoisotopic (exact) mass is 303 g/mol. The molecule has 0 radical (unpaired) electrons. The number of methoxy groups -OCH3 is 1. The summed E-state index contributed by atoms with van der Waals surface area (Å²) in [6, 6.07) is 1.83. The van der Waals surface area contributed by atoms with E-state index in [0.717, 1.165) is 48.9 Å². The second-order valence-corrected chi connectivity index (χ2v) is 6.20. The first-order valence-electron chi connectivity index (χ1n) is 8.14. The number of hydrogen-bond donors (Lipinski definition) is 1. The lowest BCUT2D eigenvalue weighted by Crippen LogP contribution is -2.27. The average molecular weight is 303 g/mol. The molecule has 1 amide bonds. The molecule has 1 aromatic carbocycles. The van der Waals surface area contributed by atoms with Gasteiger partial charge in [0, 0.05) is 31.7 Å². The number of hydrogen-bond acceptors (Lipinski definition) is 4. The predicted molar refractivity (Wildman–Crippen MR) is 89.1 cm³/mol. The Kier molecular flexibility index (Phi) is 4.14. The van der Waals surface area contributed by atoms with Gasteiger partial charge in [-0.05, 0) is 38.7 Å². The Labute approximate surface area is 132 Å². The highest BCUT2D eigenvalue weighted by atomic mass is 16.5. The van der Waals surface area contributed by atoms with Crippen LogP contribution >= 0.6 is 0 Å². The zero-order valence-electron chi connectivity index (χ0n) is 13.5. The summed E-state index contributed by atoms with van der Waals surface area (Å²) in [6.07, 6.45) is 4.75. The maximum atomic E-state index is 12.0. The summed E-state index contributed by atoms with van der Waals surface area (Å²) in [4.78, 5) is 16.6. The first-order valence-corrected chi connectivity index (χ1v) is 8.14. The van der Waals surface area contributed by atoms with Crippen LogP contribution in [0.4, 0.5) is 11.4 Å². The molecule has 2 fully saturated rings. The molecule has 3 rings (SSSR count). The van der Waals surface area contributed by atoms with Gasteiger partial charge in [-0.15, -0.1) is 0 Å². The Morgan fingerprint density at radius 1 is 1.05 bits per heavy atom. The minimum absolute atomic E-state index is 0.378. The van der Waals surface area contributed by atoms with E-state index in [1.165, 1.54) is 25.7 Å². The second kappa shape index (κ2) is 6.07. The fourth-order valence-corrected chi connectivity index (χ4v) is 3.79. The van der Waals surface area contributed by atoms with E-state index in [2.05, 4.69) is 16.7 Å². The molecule has 2 saturated heterocycles. The lowest BCUT2D eigenvalue weighted by atomic mass is 10.0. The lowest BCUT2D eigenvalue weighted by molar-refractivity contribution is 0.100. The number of carbonyl (C=O) groups excluding carboxylic acids is 1. The van der Waals surface area contributed by atoms with Crippen molar-refractivity contribution >= 4 is 17.3 Å². The molecule has 0 unspecified atom stereocenters. The van der Waals surface area contributed by atoms with Gasteiger partial charge in [0.1, 0.15) is 5.75 Å². The summed E-state index contributed by atoms with van der Waals surface area (Å²) < 4.78 is 5.58. The molecule has 120 valence electrons. The van der Waals surface area contributed by atoms with Gasteiger partial charge >= 0.3 is 0 Å². The molecular weight excluding hydrogens is 278 g/mol. The number of nitrogens with two attached hydrogens (primary N) is 1. The number of carbonyl (C=O) groups is 1. The van der Waals surface area contributed by atoms with Crippen LogP contribution in [0.1, 0.15) is 41.6 Å². The first-order chi connectivity index (χ1) is 10.6. The molecule has 5 heteroatoms. The molecule has 0 aromatic heterocycles. The average Bonchev–Trinajstić information content (AvgIpc) is 3.19. The molecule has 2 aliphatic heterocycles. The molecule has 1 aromatic rings. The molecule has 2 heterocycles. The molecular formula is C17H25N3O2. The van der Waals surface area contributed by atoms with Crippen LogP contribution in [0, 0.1) is 6.92 Å². The third-order valence-corrected chi connectivity index (χ3v) is 4.80. The minimum Gasteiger partial charge on any atom is -0.495 e. The Bertz CT molecular complexity index is 574. The Morgan fingerprint density at radius 2 is 1.55 bits per heavy atom. The largest absolute Gasteiger partial charge is 0.495 e. The van der Waals surface area contributed by atoms with Crippen LogP contribution < -0.4 is 20.3 Å². The van der Waals surface area contributed by atoms with E-state index in [9.17, 15) is 4.79 Å². The summed E-state index contributed by atoms with van der Waals surface area (Å²) in [5, 5.41) is 0. The Hall–Kier alpha value is -1.91. The molecule has 22 heavy (non-hydrogen) atoms. The van der Waals surface area contributed by atoms with Crippen molar-refractivity contribution in [3.63, 3.8) is 0 Å². The van der Waals surface area contributed by atoms with Gasteiger partial charge in [-0.1, -0.05) is 0 Å². The minimum atomic E-state index is -0.378. The van der Waals surface area contributed by atoms with Crippen LogP contribution in [0.3, 0.4) is 0 Å². The van der Waals surface area contributed by atoms with Gasteiger partial charge < -0.3 is 20.3 Å². The van der Waals surface area contributed by atoms with Gasteiger partial charge in [-0.2, -0.15) is 0 Å². The maximum Gasteiger partial charge on any atom is 0.250 e. The van der Waals surface area contributed by atoms with Crippen molar-refractivity contribution in [1.29, 1.82) is 0 Å². The Morgan fingerprint density at radius 3 is 2.00 bits per heavy atom. The van der Waals surface area contributed by atoms with Crippen LogP contribution in [-0.2, 0) is 0 Å². The van der Waals surface area contributed by atoms with Crippen LogP contribution in [0.5, 0.6) is 5.75 Å². The standard InChI is InChI=1S/C17H25N3O2/c1-12-15(19-7-3-4-8-19)13(17(18)21)11-14(22-2)16(12)20-9-5-6-10-20/h11H,3-10H2,1-2H3,(H2,18,21). The van der Waals surface area contributed by atoms with E-state index < -0.39 is 0 Å². The number of amides is 1. The quantitative estimate of drug-likeness (QED) is 0.927. The van der Waals surface area contributed by atoms with Gasteiger partial charge in [0.05, 0.1) is 24.0 Å². The summed E-state index contributed by atoms with van der Waals surface area (Å²) in [6.45, 7) is 6.18. The predicted octanol–water partition coefficient (Wildman–Crippen LogP) is 2.30. The van der Waals surface area contributed by atoms with E-state index >= 15 is 0 Å². The van der Waals surface area contributed by atoms with Crippen molar-refractivity contribution in [1.82, 2.24) is 0 Å². The van der Waals surface area contributed by atoms with Gasteiger partial charge in [-0.25, -0.2) is 0 Å². The molecule has 0 aliphatic carbocycles. The molecule has 2 N–H and O–H groups in total. The fraction of sp³-hybridized carbons (Fsp3) is 0.588. The highest BCUT2D eigenvalue weighted by molar-refractivity contribution is 6.01. The zero-order valence-corrected chi connectivity index (χ0v) is 13.5. The molecule has 5 nitrogen and oxygen atoms in total. The van der Waals surface area contributed by atoms with Crippen molar-refractivity contribution in [3.8, 4) is 5.75 Å². The lowest BCUT2D eigenvalue weighted by Gasteiger charge is -2.29. The van der Waals surface area contributed by atoms with E-state index in [1.807, 2.05) is 6.07 Å². The third-order valence-electron chi connectivity index (χ3n) is 4.80. The molecule has 0 bridgehead atoms. The van der Waals surface area contributed by atoms with E-state index in [0.29, 0.717) is 5.56 Å². The third kappa shape index (κ3) is 2.49. The number of nitrogens with zero attached hydrogens (tertiary/aromatic N) is 2. The molecule has 2 aliphatic rings. The highest BCUT2D eigenvalue weighted by Crippen LogP contribution is 2.42. The van der Waals surface area contributed by atoms with Crippen molar-refractivity contribution in [2.45, 2.75) is 32.6 Å². The maximum absolute atomic E-state index is 12.0. The second-order valence-electron chi connectivity index (χ2n) is 6.20. The van der Waals surface area contributed by atoms with Crippen molar-refractivity contribution < 1.29 is 9.53 Å². The van der Waals surface area contributed by atoms with Gasteiger partial charge in [-0.3, -0.25) is 4.79 Å². The van der Waals surface area contributed by atoms with Crippen molar-refractivity contribution in [2.24, 2.45) is 5.73 Å². The van der Waals surface area contributed by atoms with Crippen LogP contribution in [0.15, 0.2) is 6.07 Å². The summed E-state index contributed by atoms with van der Waals surface area (Å²) >= 11 is 0. The topological polar surface area (TPSA) is 58.8 Å². The number of benzene rings is 1. The number of anilines is 2. The van der Waals surface area contributed by atoms with Gasteiger partial charge in [0.15, 0.2) is 0 Å². The number of ether oxygens (including phenoxy) is 1. The molecule has 0 atom stereocenters. The normalized spacial score (nSPS) is 18.1.